The second-order valence-corrected chi connectivity index (χ2v) is 4.15. The SMILES string of the molecule is CC1CC2(COC(=O)N2)CC(C)O1. The summed E-state index contributed by atoms with van der Waals surface area (Å²) in [6.07, 6.45) is 1.81. The largest absolute Gasteiger partial charge is 0.447 e. The smallest absolute Gasteiger partial charge is 0.407 e. The van der Waals surface area contributed by atoms with Crippen LogP contribution in [0.4, 0.5) is 4.79 Å². The number of nitrogens with one attached hydrogen (secondary N) is 1. The molecule has 2 heterocycles. The van der Waals surface area contributed by atoms with E-state index in [2.05, 4.69) is 5.32 Å². The first-order valence-corrected chi connectivity index (χ1v) is 4.70. The fourth-order valence-electron chi connectivity index (χ4n) is 2.39. The first-order valence-electron chi connectivity index (χ1n) is 4.70. The van der Waals surface area contributed by atoms with E-state index in [1.54, 1.807) is 0 Å². The van der Waals surface area contributed by atoms with Crippen molar-refractivity contribution in [2.24, 2.45) is 0 Å². The van der Waals surface area contributed by atoms with Crippen LogP contribution in [0, 0.1) is 0 Å². The van der Waals surface area contributed by atoms with E-state index in [-0.39, 0.29) is 23.8 Å². The van der Waals surface area contributed by atoms with Gasteiger partial charge in [0.2, 0.25) is 0 Å². The van der Waals surface area contributed by atoms with Gasteiger partial charge in [0.1, 0.15) is 6.61 Å². The van der Waals surface area contributed by atoms with E-state index in [1.807, 2.05) is 13.8 Å². The molecule has 2 rings (SSSR count). The molecular formula is C9H15NO3. The zero-order valence-electron chi connectivity index (χ0n) is 8.00. The average molecular weight is 185 g/mol. The molecule has 2 fully saturated rings. The lowest BCUT2D eigenvalue weighted by Gasteiger charge is -2.38. The quantitative estimate of drug-likeness (QED) is 0.613. The Kier molecular flexibility index (Phi) is 1.95. The minimum Gasteiger partial charge on any atom is -0.447 e. The van der Waals surface area contributed by atoms with Crippen LogP contribution in [0.25, 0.3) is 0 Å². The van der Waals surface area contributed by atoms with E-state index in [4.69, 9.17) is 9.47 Å². The van der Waals surface area contributed by atoms with Crippen LogP contribution in [0.15, 0.2) is 0 Å². The van der Waals surface area contributed by atoms with Gasteiger partial charge in [-0.25, -0.2) is 4.79 Å². The Bertz CT molecular complexity index is 219. The molecule has 1 N–H and O–H groups in total. The summed E-state index contributed by atoms with van der Waals surface area (Å²) in [5, 5.41) is 2.89. The third-order valence-electron chi connectivity index (χ3n) is 2.67. The standard InChI is InChI=1S/C9H15NO3/c1-6-3-9(4-7(2)13-6)5-12-8(11)10-9/h6-7H,3-5H2,1-2H3,(H,10,11). The summed E-state index contributed by atoms with van der Waals surface area (Å²) < 4.78 is 10.5. The predicted octanol–water partition coefficient (Wildman–Crippen LogP) is 1.05. The molecule has 2 aliphatic heterocycles. The number of cyclic esters (lactones) is 1. The van der Waals surface area contributed by atoms with Gasteiger partial charge in [-0.2, -0.15) is 0 Å². The first kappa shape index (κ1) is 8.81. The Hall–Kier alpha value is -0.770. The molecule has 4 heteroatoms. The molecular weight excluding hydrogens is 170 g/mol. The highest BCUT2D eigenvalue weighted by atomic mass is 16.6. The highest BCUT2D eigenvalue weighted by molar-refractivity contribution is 5.70. The zero-order valence-corrected chi connectivity index (χ0v) is 8.00. The van der Waals surface area contributed by atoms with Gasteiger partial charge in [-0.3, -0.25) is 0 Å². The number of rotatable bonds is 0. The molecule has 0 bridgehead atoms. The van der Waals surface area contributed by atoms with Crippen molar-refractivity contribution in [2.75, 3.05) is 6.61 Å². The molecule has 2 saturated heterocycles. The van der Waals surface area contributed by atoms with Crippen molar-refractivity contribution in [1.82, 2.24) is 5.32 Å². The molecule has 1 amide bonds. The monoisotopic (exact) mass is 185 g/mol. The molecule has 1 spiro atoms. The van der Waals surface area contributed by atoms with Crippen LogP contribution in [0.5, 0.6) is 0 Å². The summed E-state index contributed by atoms with van der Waals surface area (Å²) in [6, 6.07) is 0. The van der Waals surface area contributed by atoms with Crippen LogP contribution < -0.4 is 5.32 Å². The maximum absolute atomic E-state index is 11.0. The zero-order chi connectivity index (χ0) is 9.47. The van der Waals surface area contributed by atoms with Crippen molar-refractivity contribution in [3.63, 3.8) is 0 Å². The van der Waals surface area contributed by atoms with Gasteiger partial charge < -0.3 is 14.8 Å². The van der Waals surface area contributed by atoms with Crippen molar-refractivity contribution >= 4 is 6.09 Å². The van der Waals surface area contributed by atoms with E-state index in [0.29, 0.717) is 6.61 Å². The Balaban J connectivity index is 2.09. The minimum absolute atomic E-state index is 0.159. The number of carbonyl (C=O) groups excluding carboxylic acids is 1. The fraction of sp³-hybridized carbons (Fsp3) is 0.889. The van der Waals surface area contributed by atoms with Gasteiger partial charge in [-0.05, 0) is 26.7 Å². The number of alkyl carbamates (subject to hydrolysis) is 1. The Morgan fingerprint density at radius 2 is 2.00 bits per heavy atom. The Morgan fingerprint density at radius 1 is 1.38 bits per heavy atom. The highest BCUT2D eigenvalue weighted by Crippen LogP contribution is 2.31. The number of carbonyl (C=O) groups is 1. The lowest BCUT2D eigenvalue weighted by Crippen LogP contribution is -2.52. The molecule has 0 aliphatic carbocycles. The van der Waals surface area contributed by atoms with E-state index in [9.17, 15) is 4.79 Å². The second-order valence-electron chi connectivity index (χ2n) is 4.15. The highest BCUT2D eigenvalue weighted by Gasteiger charge is 2.44. The van der Waals surface area contributed by atoms with Crippen molar-refractivity contribution in [2.45, 2.75) is 44.4 Å². The molecule has 0 aromatic rings. The molecule has 0 radical (unpaired) electrons. The van der Waals surface area contributed by atoms with Gasteiger partial charge in [0, 0.05) is 0 Å². The van der Waals surface area contributed by atoms with Gasteiger partial charge >= 0.3 is 6.09 Å². The predicted molar refractivity (Wildman–Crippen MR) is 46.5 cm³/mol. The molecule has 74 valence electrons. The molecule has 4 nitrogen and oxygen atoms in total. The van der Waals surface area contributed by atoms with Crippen molar-refractivity contribution in [3.05, 3.63) is 0 Å². The molecule has 2 unspecified atom stereocenters. The molecule has 13 heavy (non-hydrogen) atoms. The maximum atomic E-state index is 11.0. The topological polar surface area (TPSA) is 47.6 Å². The van der Waals surface area contributed by atoms with Gasteiger partial charge in [-0.1, -0.05) is 0 Å². The summed E-state index contributed by atoms with van der Waals surface area (Å²) >= 11 is 0. The number of ether oxygens (including phenoxy) is 2. The fourth-order valence-corrected chi connectivity index (χ4v) is 2.39. The summed E-state index contributed by atoms with van der Waals surface area (Å²) in [4.78, 5) is 11.0. The van der Waals surface area contributed by atoms with Gasteiger partial charge in [0.15, 0.2) is 0 Å². The van der Waals surface area contributed by atoms with Crippen LogP contribution in [0.1, 0.15) is 26.7 Å². The van der Waals surface area contributed by atoms with Crippen LogP contribution in [-0.4, -0.2) is 30.4 Å². The first-order chi connectivity index (χ1) is 6.10. The normalized spacial score (nSPS) is 44.6. The van der Waals surface area contributed by atoms with Crippen LogP contribution in [0.3, 0.4) is 0 Å². The molecule has 2 aliphatic rings. The van der Waals surface area contributed by atoms with Crippen molar-refractivity contribution in [1.29, 1.82) is 0 Å². The van der Waals surface area contributed by atoms with Crippen molar-refractivity contribution in [3.8, 4) is 0 Å². The lowest BCUT2D eigenvalue weighted by atomic mass is 9.85. The molecule has 2 atom stereocenters. The molecule has 0 aromatic carbocycles. The second kappa shape index (κ2) is 2.87. The Morgan fingerprint density at radius 3 is 2.46 bits per heavy atom. The number of hydrogen-bond acceptors (Lipinski definition) is 3. The maximum Gasteiger partial charge on any atom is 0.407 e. The Labute approximate surface area is 77.6 Å². The van der Waals surface area contributed by atoms with Gasteiger partial charge in [0.05, 0.1) is 17.7 Å². The van der Waals surface area contributed by atoms with E-state index >= 15 is 0 Å². The third-order valence-corrected chi connectivity index (χ3v) is 2.67. The van der Waals surface area contributed by atoms with Crippen LogP contribution in [0.2, 0.25) is 0 Å². The lowest BCUT2D eigenvalue weighted by molar-refractivity contribution is -0.0661. The third kappa shape index (κ3) is 1.63. The summed E-state index contributed by atoms with van der Waals surface area (Å²) in [5.41, 5.74) is -0.159. The van der Waals surface area contributed by atoms with Crippen LogP contribution >= 0.6 is 0 Å². The summed E-state index contributed by atoms with van der Waals surface area (Å²) in [6.45, 7) is 4.55. The molecule has 0 saturated carbocycles. The molecule has 0 aromatic heterocycles. The average Bonchev–Trinajstić information content (AvgIpc) is 2.28. The van der Waals surface area contributed by atoms with E-state index in [1.165, 1.54) is 0 Å². The minimum atomic E-state index is -0.290. The van der Waals surface area contributed by atoms with Crippen molar-refractivity contribution < 1.29 is 14.3 Å². The van der Waals surface area contributed by atoms with E-state index < -0.39 is 0 Å². The number of hydrogen-bond donors (Lipinski definition) is 1. The summed E-state index contributed by atoms with van der Waals surface area (Å²) in [7, 11) is 0. The number of amides is 1. The van der Waals surface area contributed by atoms with E-state index in [0.717, 1.165) is 12.8 Å². The van der Waals surface area contributed by atoms with Gasteiger partial charge in [0.25, 0.3) is 0 Å². The summed E-state index contributed by atoms with van der Waals surface area (Å²) in [5.74, 6) is 0. The van der Waals surface area contributed by atoms with Gasteiger partial charge in [-0.15, -0.1) is 0 Å². The van der Waals surface area contributed by atoms with Crippen LogP contribution in [-0.2, 0) is 9.47 Å².